The summed E-state index contributed by atoms with van der Waals surface area (Å²) >= 11 is 0. The molecule has 0 amide bonds. The smallest absolute Gasteiger partial charge is 0.460 e. The molecule has 0 aromatic carbocycles. The number of alkyl halides is 13. The minimum atomic E-state index is -8.05. The van der Waals surface area contributed by atoms with Gasteiger partial charge in [-0.05, 0) is 0 Å². The summed E-state index contributed by atoms with van der Waals surface area (Å²) in [7, 11) is -0.830. The molecule has 0 radical (unpaired) electrons. The van der Waals surface area contributed by atoms with E-state index in [0.29, 0.717) is 0 Å². The number of esters is 1. The lowest BCUT2D eigenvalue weighted by Gasteiger charge is -2.39. The van der Waals surface area contributed by atoms with Crippen LogP contribution in [0.3, 0.4) is 0 Å². The Morgan fingerprint density at radius 2 is 1.28 bits per heavy atom. The summed E-state index contributed by atoms with van der Waals surface area (Å²) in [6.07, 6.45) is -10.6. The van der Waals surface area contributed by atoms with Crippen molar-refractivity contribution in [2.75, 3.05) is 40.8 Å². The molecule has 214 valence electrons. The van der Waals surface area contributed by atoms with E-state index in [4.69, 9.17) is 0 Å². The first-order valence-electron chi connectivity index (χ1n) is 9.49. The number of quaternary nitrogens is 1. The lowest BCUT2D eigenvalue weighted by atomic mass is 9.92. The highest BCUT2D eigenvalue weighted by Crippen LogP contribution is 2.61. The number of carbonyl (C=O) groups excluding carboxylic acids is 1. The van der Waals surface area contributed by atoms with E-state index in [1.165, 1.54) is 14.1 Å². The van der Waals surface area contributed by atoms with Crippen molar-refractivity contribution in [1.29, 1.82) is 0 Å². The molecule has 20 heteroatoms. The summed E-state index contributed by atoms with van der Waals surface area (Å²) in [6, 6.07) is 0. The second-order valence-corrected chi connectivity index (χ2v) is 10.6. The maximum absolute atomic E-state index is 14.0. The predicted molar refractivity (Wildman–Crippen MR) is 93.3 cm³/mol. The van der Waals surface area contributed by atoms with Gasteiger partial charge < -0.3 is 9.22 Å². The van der Waals surface area contributed by atoms with Gasteiger partial charge in [0.1, 0.15) is 5.37 Å². The van der Waals surface area contributed by atoms with Crippen molar-refractivity contribution in [3.63, 3.8) is 0 Å². The molecule has 0 bridgehead atoms. The Kier molecular flexibility index (Phi) is 8.40. The summed E-state index contributed by atoms with van der Waals surface area (Å²) in [5.41, 5.74) is 0. The van der Waals surface area contributed by atoms with Crippen LogP contribution in [-0.2, 0) is 19.6 Å². The van der Waals surface area contributed by atoms with E-state index < -0.39 is 70.1 Å². The van der Waals surface area contributed by atoms with E-state index in [1.54, 1.807) is 0 Å². The zero-order valence-corrected chi connectivity index (χ0v) is 19.3. The fourth-order valence-electron chi connectivity index (χ4n) is 3.06. The number of rotatable bonds is 12. The van der Waals surface area contributed by atoms with Crippen LogP contribution >= 0.6 is 0 Å². The molecule has 1 aliphatic heterocycles. The van der Waals surface area contributed by atoms with Crippen LogP contribution in [0.4, 0.5) is 57.1 Å². The van der Waals surface area contributed by atoms with E-state index in [2.05, 4.69) is 4.74 Å². The Hall–Kier alpha value is -1.57. The molecular weight excluding hydrogens is 563 g/mol. The van der Waals surface area contributed by atoms with Crippen LogP contribution in [-0.4, -0.2) is 105 Å². The highest BCUT2D eigenvalue weighted by molar-refractivity contribution is 7.95. The summed E-state index contributed by atoms with van der Waals surface area (Å²) in [5.74, 6) is -38.6. The molecule has 1 fully saturated rings. The van der Waals surface area contributed by atoms with Gasteiger partial charge in [-0.25, -0.2) is 13.2 Å². The van der Waals surface area contributed by atoms with E-state index in [-0.39, 0.29) is 28.3 Å². The first kappa shape index (κ1) is 32.5. The van der Waals surface area contributed by atoms with Gasteiger partial charge in [-0.3, -0.25) is 0 Å². The number of sulfonamides is 1. The van der Waals surface area contributed by atoms with Crippen LogP contribution in [0.15, 0.2) is 0 Å². The molecular formula is C16H20F13N2O4S+. The standard InChI is InChI=1S/C16H20F13N2O4S/c1-31(2,8-10(32)35-3)6-4-5-30-9(36(30,33)34)7-11(17,18)12(19,20)13(21,22)14(23,24)15(25,26)16(27,28)29/h9H,4-8H2,1-3H3/q+1. The van der Waals surface area contributed by atoms with Crippen LogP contribution in [0, 0.1) is 0 Å². The maximum atomic E-state index is 14.0. The third-order valence-electron chi connectivity index (χ3n) is 5.30. The minimum Gasteiger partial charge on any atom is -0.465 e. The molecule has 36 heavy (non-hydrogen) atoms. The van der Waals surface area contributed by atoms with Crippen molar-refractivity contribution in [2.24, 2.45) is 0 Å². The van der Waals surface area contributed by atoms with E-state index in [1.807, 2.05) is 0 Å². The summed E-state index contributed by atoms with van der Waals surface area (Å²) in [4.78, 5) is 11.3. The third-order valence-corrected chi connectivity index (χ3v) is 7.29. The Balaban J connectivity index is 3.06. The monoisotopic (exact) mass is 583 g/mol. The van der Waals surface area contributed by atoms with Gasteiger partial charge in [0, 0.05) is 13.0 Å². The van der Waals surface area contributed by atoms with Crippen molar-refractivity contribution < 1.29 is 79.5 Å². The number of nitrogens with zero attached hydrogens (tertiary/aromatic N) is 2. The lowest BCUT2D eigenvalue weighted by molar-refractivity contribution is -0.883. The molecule has 2 atom stereocenters. The van der Waals surface area contributed by atoms with E-state index in [0.717, 1.165) is 7.11 Å². The fourth-order valence-corrected chi connectivity index (χ4v) is 4.83. The molecule has 0 aromatic rings. The van der Waals surface area contributed by atoms with Crippen LogP contribution in [0.25, 0.3) is 0 Å². The summed E-state index contributed by atoms with van der Waals surface area (Å²) < 4.78 is 199. The van der Waals surface area contributed by atoms with Gasteiger partial charge in [0.25, 0.3) is 0 Å². The molecule has 0 saturated carbocycles. The van der Waals surface area contributed by atoms with Gasteiger partial charge in [0.05, 0.1) is 34.2 Å². The molecule has 0 spiro atoms. The maximum Gasteiger partial charge on any atom is 0.460 e. The van der Waals surface area contributed by atoms with Crippen LogP contribution in [0.1, 0.15) is 12.8 Å². The summed E-state index contributed by atoms with van der Waals surface area (Å²) in [6.45, 7) is -0.948. The Bertz CT molecular complexity index is 935. The average Bonchev–Trinajstić information content (AvgIpc) is 3.17. The Labute approximate surface area is 195 Å². The second-order valence-electron chi connectivity index (χ2n) is 8.56. The highest BCUT2D eigenvalue weighted by Gasteiger charge is 2.91. The molecule has 1 saturated heterocycles. The lowest BCUT2D eigenvalue weighted by Crippen LogP contribution is -2.70. The zero-order chi connectivity index (χ0) is 29.0. The second kappa shape index (κ2) is 9.32. The number of hydrogen-bond acceptors (Lipinski definition) is 4. The molecule has 1 rings (SSSR count). The van der Waals surface area contributed by atoms with Gasteiger partial charge in [-0.1, -0.05) is 0 Å². The van der Waals surface area contributed by atoms with Crippen LogP contribution < -0.4 is 0 Å². The molecule has 2 unspecified atom stereocenters. The number of hydrogen-bond donors (Lipinski definition) is 0. The van der Waals surface area contributed by atoms with Gasteiger partial charge in [0.15, 0.2) is 6.54 Å². The number of carbonyl (C=O) groups is 1. The normalized spacial score (nSPS) is 21.9. The molecule has 0 aliphatic carbocycles. The van der Waals surface area contributed by atoms with Crippen molar-refractivity contribution in [3.8, 4) is 0 Å². The predicted octanol–water partition coefficient (Wildman–Crippen LogP) is 3.73. The topological polar surface area (TPSA) is 63.5 Å². The molecule has 1 aliphatic rings. The largest absolute Gasteiger partial charge is 0.465 e. The highest BCUT2D eigenvalue weighted by atomic mass is 32.2. The van der Waals surface area contributed by atoms with Gasteiger partial charge in [-0.2, -0.15) is 61.4 Å². The first-order chi connectivity index (χ1) is 15.6. The number of methoxy groups -OCH3 is 1. The third kappa shape index (κ3) is 5.48. The van der Waals surface area contributed by atoms with Crippen LogP contribution in [0.2, 0.25) is 0 Å². The van der Waals surface area contributed by atoms with E-state index in [9.17, 15) is 70.3 Å². The number of ether oxygens (including phenoxy) is 1. The SMILES string of the molecule is COC(=O)C[N+](C)(C)CCCN1C(CC(F)(F)C(F)(F)C(F)(F)C(F)(F)C(F)(F)C(F)(F)F)S1(=O)=O. The Morgan fingerprint density at radius 3 is 1.69 bits per heavy atom. The number of halogens is 13. The van der Waals surface area contributed by atoms with Gasteiger partial charge in [-0.15, -0.1) is 0 Å². The van der Waals surface area contributed by atoms with Gasteiger partial charge in [0.2, 0.25) is 10.0 Å². The molecule has 0 N–H and O–H groups in total. The van der Waals surface area contributed by atoms with Crippen molar-refractivity contribution >= 4 is 16.0 Å². The summed E-state index contributed by atoms with van der Waals surface area (Å²) in [5, 5.41) is -2.65. The first-order valence-corrected chi connectivity index (χ1v) is 11.0. The number of likely N-dealkylation sites (N-methyl/N-ethyl adjacent to an activating group) is 1. The minimum absolute atomic E-state index is 0.0305. The fraction of sp³-hybridized carbons (Fsp3) is 0.938. The van der Waals surface area contributed by atoms with Crippen molar-refractivity contribution in [3.05, 3.63) is 0 Å². The quantitative estimate of drug-likeness (QED) is 0.152. The van der Waals surface area contributed by atoms with Gasteiger partial charge >= 0.3 is 41.8 Å². The van der Waals surface area contributed by atoms with Crippen molar-refractivity contribution in [1.82, 2.24) is 4.31 Å². The van der Waals surface area contributed by atoms with Crippen molar-refractivity contribution in [2.45, 2.75) is 54.0 Å². The van der Waals surface area contributed by atoms with Crippen LogP contribution in [0.5, 0.6) is 0 Å². The zero-order valence-electron chi connectivity index (χ0n) is 18.5. The molecule has 6 nitrogen and oxygen atoms in total. The molecule has 1 heterocycles. The Morgan fingerprint density at radius 1 is 0.833 bits per heavy atom. The molecule has 0 aromatic heterocycles. The average molecular weight is 583 g/mol. The van der Waals surface area contributed by atoms with E-state index >= 15 is 0 Å².